The number of hydrogen-bond donors (Lipinski definition) is 2. The maximum atomic E-state index is 6.16. The van der Waals surface area contributed by atoms with E-state index in [2.05, 4.69) is 44.0 Å². The minimum Gasteiger partial charge on any atom is -0.398 e. The Hall–Kier alpha value is -1.77. The lowest BCUT2D eigenvalue weighted by atomic mass is 9.66. The molecular weight excluding hydrogens is 246 g/mol. The van der Waals surface area contributed by atoms with Gasteiger partial charge in [0, 0.05) is 5.69 Å². The lowest BCUT2D eigenvalue weighted by Gasteiger charge is -2.39. The zero-order chi connectivity index (χ0) is 14.5. The molecule has 0 saturated carbocycles. The highest BCUT2D eigenvalue weighted by molar-refractivity contribution is 5.98. The molecule has 1 aromatic carbocycles. The van der Waals surface area contributed by atoms with Gasteiger partial charge in [0.25, 0.3) is 0 Å². The van der Waals surface area contributed by atoms with Crippen LogP contribution in [0, 0.1) is 10.8 Å². The van der Waals surface area contributed by atoms with Crippen molar-refractivity contribution in [2.24, 2.45) is 10.8 Å². The van der Waals surface area contributed by atoms with Crippen LogP contribution in [-0.4, -0.2) is 10.2 Å². The number of nitrogen functional groups attached to an aromatic ring is 1. The second-order valence-electron chi connectivity index (χ2n) is 7.52. The number of rotatable bonds is 1. The molecule has 1 aliphatic carbocycles. The molecule has 0 amide bonds. The fraction of sp³-hybridized carbons (Fsp3) is 0.471. The summed E-state index contributed by atoms with van der Waals surface area (Å²) >= 11 is 0. The number of nitrogens with zero attached hydrogens (tertiary/aromatic N) is 1. The molecule has 2 aromatic rings. The van der Waals surface area contributed by atoms with Gasteiger partial charge in [0.05, 0.1) is 16.6 Å². The standard InChI is InChI=1S/C17H23N3/c1-16(2)8-11(9-17(3,4)10-16)15-14-12(18)6-5-7-13(14)19-20-15/h5-8H,9-10,18H2,1-4H3,(H,19,20). The number of hydrogen-bond acceptors (Lipinski definition) is 2. The molecule has 1 aliphatic rings. The minimum atomic E-state index is 0.200. The van der Waals surface area contributed by atoms with Crippen LogP contribution in [0.1, 0.15) is 46.2 Å². The molecular formula is C17H23N3. The third-order valence-electron chi connectivity index (χ3n) is 4.09. The first-order chi connectivity index (χ1) is 9.27. The summed E-state index contributed by atoms with van der Waals surface area (Å²) in [5.41, 5.74) is 10.8. The monoisotopic (exact) mass is 269 g/mol. The molecule has 20 heavy (non-hydrogen) atoms. The molecule has 3 nitrogen and oxygen atoms in total. The maximum absolute atomic E-state index is 6.16. The van der Waals surface area contributed by atoms with Crippen LogP contribution in [0.4, 0.5) is 5.69 Å². The Morgan fingerprint density at radius 2 is 1.95 bits per heavy atom. The van der Waals surface area contributed by atoms with E-state index in [4.69, 9.17) is 5.73 Å². The van der Waals surface area contributed by atoms with Crippen molar-refractivity contribution < 1.29 is 0 Å². The quantitative estimate of drug-likeness (QED) is 0.755. The average molecular weight is 269 g/mol. The number of aromatic nitrogens is 2. The van der Waals surface area contributed by atoms with E-state index in [0.29, 0.717) is 5.41 Å². The molecule has 1 heterocycles. The molecule has 0 aliphatic heterocycles. The number of nitrogens with one attached hydrogen (secondary N) is 1. The van der Waals surface area contributed by atoms with E-state index >= 15 is 0 Å². The maximum Gasteiger partial charge on any atom is 0.0977 e. The molecule has 3 rings (SSSR count). The fourth-order valence-electron chi connectivity index (χ4n) is 3.87. The zero-order valence-electron chi connectivity index (χ0n) is 12.7. The molecule has 0 radical (unpaired) electrons. The fourth-order valence-corrected chi connectivity index (χ4v) is 3.87. The van der Waals surface area contributed by atoms with E-state index in [1.54, 1.807) is 0 Å². The summed E-state index contributed by atoms with van der Waals surface area (Å²) in [5.74, 6) is 0. The molecule has 106 valence electrons. The number of anilines is 1. The van der Waals surface area contributed by atoms with Crippen molar-refractivity contribution in [1.29, 1.82) is 0 Å². The van der Waals surface area contributed by atoms with Crippen molar-refractivity contribution in [2.75, 3.05) is 5.73 Å². The summed E-state index contributed by atoms with van der Waals surface area (Å²) in [6.45, 7) is 9.26. The van der Waals surface area contributed by atoms with E-state index in [-0.39, 0.29) is 5.41 Å². The molecule has 0 spiro atoms. The Morgan fingerprint density at radius 3 is 2.65 bits per heavy atom. The van der Waals surface area contributed by atoms with Crippen molar-refractivity contribution in [1.82, 2.24) is 10.2 Å². The van der Waals surface area contributed by atoms with Crippen LogP contribution in [-0.2, 0) is 0 Å². The number of benzene rings is 1. The number of nitrogens with two attached hydrogens (primary N) is 1. The Balaban J connectivity index is 2.18. The van der Waals surface area contributed by atoms with Gasteiger partial charge in [0.2, 0.25) is 0 Å². The Bertz CT molecular complexity index is 689. The van der Waals surface area contributed by atoms with Gasteiger partial charge in [-0.05, 0) is 41.4 Å². The largest absolute Gasteiger partial charge is 0.398 e. The summed E-state index contributed by atoms with van der Waals surface area (Å²) in [4.78, 5) is 0. The van der Waals surface area contributed by atoms with Crippen molar-refractivity contribution in [3.8, 4) is 0 Å². The van der Waals surface area contributed by atoms with Gasteiger partial charge in [-0.3, -0.25) is 5.10 Å². The number of allylic oxidation sites excluding steroid dienone is 2. The van der Waals surface area contributed by atoms with E-state index < -0.39 is 0 Å². The summed E-state index contributed by atoms with van der Waals surface area (Å²) in [7, 11) is 0. The van der Waals surface area contributed by atoms with Gasteiger partial charge in [0.1, 0.15) is 0 Å². The molecule has 0 saturated heterocycles. The molecule has 3 N–H and O–H groups in total. The topological polar surface area (TPSA) is 54.7 Å². The van der Waals surface area contributed by atoms with Crippen LogP contribution in [0.25, 0.3) is 16.5 Å². The molecule has 0 unspecified atom stereocenters. The van der Waals surface area contributed by atoms with Crippen LogP contribution in [0.3, 0.4) is 0 Å². The Kier molecular flexibility index (Phi) is 2.72. The third-order valence-corrected chi connectivity index (χ3v) is 4.09. The van der Waals surface area contributed by atoms with Gasteiger partial charge in [-0.25, -0.2) is 0 Å². The van der Waals surface area contributed by atoms with Crippen LogP contribution < -0.4 is 5.73 Å². The SMILES string of the molecule is CC1(C)C=C(c2n[nH]c3cccc(N)c23)CC(C)(C)C1. The first-order valence-electron chi connectivity index (χ1n) is 7.22. The summed E-state index contributed by atoms with van der Waals surface area (Å²) < 4.78 is 0. The van der Waals surface area contributed by atoms with Gasteiger partial charge in [-0.15, -0.1) is 0 Å². The first-order valence-corrected chi connectivity index (χ1v) is 7.22. The second-order valence-corrected chi connectivity index (χ2v) is 7.52. The van der Waals surface area contributed by atoms with Crippen LogP contribution in [0.15, 0.2) is 24.3 Å². The lowest BCUT2D eigenvalue weighted by molar-refractivity contribution is 0.228. The Labute approximate surface area is 120 Å². The summed E-state index contributed by atoms with van der Waals surface area (Å²) in [6, 6.07) is 5.94. The predicted molar refractivity (Wildman–Crippen MR) is 85.3 cm³/mol. The smallest absolute Gasteiger partial charge is 0.0977 e. The van der Waals surface area contributed by atoms with Crippen molar-refractivity contribution in [3.05, 3.63) is 30.0 Å². The number of H-pyrrole nitrogens is 1. The van der Waals surface area contributed by atoms with Crippen molar-refractivity contribution >= 4 is 22.2 Å². The second kappa shape index (κ2) is 4.11. The van der Waals surface area contributed by atoms with Gasteiger partial charge in [-0.2, -0.15) is 5.10 Å². The van der Waals surface area contributed by atoms with Crippen molar-refractivity contribution in [3.63, 3.8) is 0 Å². The van der Waals surface area contributed by atoms with Gasteiger partial charge >= 0.3 is 0 Å². The van der Waals surface area contributed by atoms with Crippen LogP contribution in [0.2, 0.25) is 0 Å². The molecule has 3 heteroatoms. The third kappa shape index (κ3) is 2.21. The molecule has 1 aromatic heterocycles. The van der Waals surface area contributed by atoms with Crippen LogP contribution in [0.5, 0.6) is 0 Å². The predicted octanol–water partition coefficient (Wildman–Crippen LogP) is 4.37. The highest BCUT2D eigenvalue weighted by Crippen LogP contribution is 2.48. The van der Waals surface area contributed by atoms with E-state index in [9.17, 15) is 0 Å². The van der Waals surface area contributed by atoms with E-state index in [1.165, 1.54) is 12.0 Å². The number of fused-ring (bicyclic) bond motifs is 1. The van der Waals surface area contributed by atoms with E-state index in [0.717, 1.165) is 28.7 Å². The molecule has 0 fully saturated rings. The highest BCUT2D eigenvalue weighted by atomic mass is 15.1. The van der Waals surface area contributed by atoms with Gasteiger partial charge in [0.15, 0.2) is 0 Å². The van der Waals surface area contributed by atoms with Gasteiger partial charge < -0.3 is 5.73 Å². The zero-order valence-corrected chi connectivity index (χ0v) is 12.7. The molecule has 0 atom stereocenters. The average Bonchev–Trinajstić information content (AvgIpc) is 2.69. The van der Waals surface area contributed by atoms with E-state index in [1.807, 2.05) is 18.2 Å². The first kappa shape index (κ1) is 13.2. The minimum absolute atomic E-state index is 0.200. The van der Waals surface area contributed by atoms with Crippen molar-refractivity contribution in [2.45, 2.75) is 40.5 Å². The van der Waals surface area contributed by atoms with Gasteiger partial charge in [-0.1, -0.05) is 39.8 Å². The number of aromatic amines is 1. The normalized spacial score (nSPS) is 20.9. The molecule has 0 bridgehead atoms. The van der Waals surface area contributed by atoms with Crippen LogP contribution >= 0.6 is 0 Å². The Morgan fingerprint density at radius 1 is 1.20 bits per heavy atom. The summed E-state index contributed by atoms with van der Waals surface area (Å²) in [6.07, 6.45) is 4.62. The lowest BCUT2D eigenvalue weighted by Crippen LogP contribution is -2.26. The highest BCUT2D eigenvalue weighted by Gasteiger charge is 2.34. The summed E-state index contributed by atoms with van der Waals surface area (Å²) in [5, 5.41) is 8.71.